The molecule has 6 heteroatoms. The molecule has 2 aromatic rings. The normalized spacial score (nSPS) is 11.8. The molecule has 2 aromatic carbocycles. The smallest absolute Gasteiger partial charge is 0.321 e. The van der Waals surface area contributed by atoms with E-state index in [1.807, 2.05) is 51.1 Å². The highest BCUT2D eigenvalue weighted by Gasteiger charge is 2.17. The second-order valence-corrected chi connectivity index (χ2v) is 7.23. The molecule has 3 amide bonds. The van der Waals surface area contributed by atoms with Crippen molar-refractivity contribution >= 4 is 17.6 Å². The van der Waals surface area contributed by atoms with E-state index in [0.717, 1.165) is 5.56 Å². The van der Waals surface area contributed by atoms with E-state index in [-0.39, 0.29) is 36.9 Å². The number of carbonyl (C=O) groups is 2. The van der Waals surface area contributed by atoms with Crippen molar-refractivity contribution in [3.05, 3.63) is 66.0 Å². The fraction of sp³-hybridized carbons (Fsp3) is 0.364. The maximum Gasteiger partial charge on any atom is 0.321 e. The molecule has 28 heavy (non-hydrogen) atoms. The highest BCUT2D eigenvalue weighted by molar-refractivity contribution is 5.89. The van der Waals surface area contributed by atoms with E-state index in [1.54, 1.807) is 11.0 Å². The van der Waals surface area contributed by atoms with Gasteiger partial charge < -0.3 is 15.5 Å². The molecule has 2 N–H and O–H groups in total. The van der Waals surface area contributed by atoms with Crippen LogP contribution in [0.3, 0.4) is 0 Å². The Morgan fingerprint density at radius 3 is 2.39 bits per heavy atom. The van der Waals surface area contributed by atoms with Crippen molar-refractivity contribution in [2.75, 3.05) is 18.4 Å². The monoisotopic (exact) mass is 385 g/mol. The van der Waals surface area contributed by atoms with Gasteiger partial charge in [0.05, 0.1) is 6.04 Å². The summed E-state index contributed by atoms with van der Waals surface area (Å²) < 4.78 is 13.3. The lowest BCUT2D eigenvalue weighted by Crippen LogP contribution is -2.40. The van der Waals surface area contributed by atoms with Crippen LogP contribution in [0.2, 0.25) is 0 Å². The zero-order valence-corrected chi connectivity index (χ0v) is 16.6. The molecule has 0 spiro atoms. The number of hydrogen-bond acceptors (Lipinski definition) is 2. The van der Waals surface area contributed by atoms with Crippen LogP contribution in [-0.2, 0) is 4.79 Å². The molecule has 150 valence electrons. The minimum absolute atomic E-state index is 0.103. The molecule has 0 saturated carbocycles. The van der Waals surface area contributed by atoms with E-state index >= 15 is 0 Å². The van der Waals surface area contributed by atoms with Gasteiger partial charge in [0.25, 0.3) is 0 Å². The van der Waals surface area contributed by atoms with Crippen LogP contribution in [0.1, 0.15) is 38.8 Å². The van der Waals surface area contributed by atoms with E-state index in [0.29, 0.717) is 12.2 Å². The number of anilines is 1. The van der Waals surface area contributed by atoms with Crippen molar-refractivity contribution in [2.45, 2.75) is 33.2 Å². The lowest BCUT2D eigenvalue weighted by Gasteiger charge is -2.25. The van der Waals surface area contributed by atoms with E-state index < -0.39 is 5.82 Å². The van der Waals surface area contributed by atoms with Crippen LogP contribution in [0, 0.1) is 11.7 Å². The molecular formula is C22H28FN3O2. The lowest BCUT2D eigenvalue weighted by molar-refractivity contribution is -0.121. The first-order chi connectivity index (χ1) is 13.3. The summed E-state index contributed by atoms with van der Waals surface area (Å²) in [6.45, 7) is 6.71. The second-order valence-electron chi connectivity index (χ2n) is 7.23. The summed E-state index contributed by atoms with van der Waals surface area (Å²) in [6, 6.07) is 15.0. The summed E-state index contributed by atoms with van der Waals surface area (Å²) in [7, 11) is 0. The Labute approximate surface area is 165 Å². The number of benzene rings is 2. The molecule has 5 nitrogen and oxygen atoms in total. The van der Waals surface area contributed by atoms with E-state index in [2.05, 4.69) is 10.6 Å². The Kier molecular flexibility index (Phi) is 7.99. The zero-order valence-electron chi connectivity index (χ0n) is 16.6. The maximum absolute atomic E-state index is 13.3. The van der Waals surface area contributed by atoms with Crippen molar-refractivity contribution in [1.29, 1.82) is 0 Å². The number of urea groups is 1. The molecule has 2 rings (SSSR count). The predicted octanol–water partition coefficient (Wildman–Crippen LogP) is 4.58. The van der Waals surface area contributed by atoms with Crippen LogP contribution in [0.25, 0.3) is 0 Å². The molecule has 1 unspecified atom stereocenters. The number of rotatable bonds is 8. The van der Waals surface area contributed by atoms with Gasteiger partial charge in [0.1, 0.15) is 5.82 Å². The molecule has 0 bridgehead atoms. The van der Waals surface area contributed by atoms with Crippen molar-refractivity contribution in [3.8, 4) is 0 Å². The first-order valence-corrected chi connectivity index (χ1v) is 9.51. The third kappa shape index (κ3) is 7.02. The summed E-state index contributed by atoms with van der Waals surface area (Å²) >= 11 is 0. The standard InChI is InChI=1S/C22H28FN3O2/c1-16(2)15-26(22(28)25-20-11-7-10-19(23)14-20)13-12-21(27)24-17(3)18-8-5-4-6-9-18/h4-11,14,16-17H,12-13,15H2,1-3H3,(H,24,27)(H,25,28). The second kappa shape index (κ2) is 10.4. The van der Waals surface area contributed by atoms with Crippen LogP contribution in [0.4, 0.5) is 14.9 Å². The molecule has 0 heterocycles. The summed E-state index contributed by atoms with van der Waals surface area (Å²) in [5.41, 5.74) is 1.42. The van der Waals surface area contributed by atoms with Gasteiger partial charge in [-0.2, -0.15) is 0 Å². The zero-order chi connectivity index (χ0) is 20.5. The number of nitrogens with zero attached hydrogens (tertiary/aromatic N) is 1. The number of carbonyl (C=O) groups excluding carboxylic acids is 2. The summed E-state index contributed by atoms with van der Waals surface area (Å²) in [5, 5.41) is 5.65. The lowest BCUT2D eigenvalue weighted by atomic mass is 10.1. The number of nitrogens with one attached hydrogen (secondary N) is 2. The Bertz CT molecular complexity index is 780. The van der Waals surface area contributed by atoms with Crippen LogP contribution in [0.15, 0.2) is 54.6 Å². The largest absolute Gasteiger partial charge is 0.350 e. The Hall–Kier alpha value is -2.89. The van der Waals surface area contributed by atoms with Gasteiger partial charge in [-0.25, -0.2) is 9.18 Å². The van der Waals surface area contributed by atoms with Gasteiger partial charge >= 0.3 is 6.03 Å². The molecule has 1 atom stereocenters. The fourth-order valence-electron chi connectivity index (χ4n) is 2.86. The number of halogens is 1. The highest BCUT2D eigenvalue weighted by Crippen LogP contribution is 2.13. The van der Waals surface area contributed by atoms with Gasteiger partial charge in [0.15, 0.2) is 0 Å². The molecule has 0 aromatic heterocycles. The molecule has 0 aliphatic heterocycles. The third-order valence-electron chi connectivity index (χ3n) is 4.23. The van der Waals surface area contributed by atoms with Gasteiger partial charge in [-0.1, -0.05) is 50.2 Å². The van der Waals surface area contributed by atoms with E-state index in [9.17, 15) is 14.0 Å². The minimum Gasteiger partial charge on any atom is -0.350 e. The van der Waals surface area contributed by atoms with Crippen LogP contribution < -0.4 is 10.6 Å². The maximum atomic E-state index is 13.3. The highest BCUT2D eigenvalue weighted by atomic mass is 19.1. The minimum atomic E-state index is -0.414. The molecule has 0 fully saturated rings. The Balaban J connectivity index is 1.91. The van der Waals surface area contributed by atoms with Gasteiger partial charge in [0.2, 0.25) is 5.91 Å². The summed E-state index contributed by atoms with van der Waals surface area (Å²) in [5.74, 6) is -0.296. The van der Waals surface area contributed by atoms with Crippen molar-refractivity contribution in [2.24, 2.45) is 5.92 Å². The quantitative estimate of drug-likeness (QED) is 0.698. The SMILES string of the molecule is CC(C)CN(CCC(=O)NC(C)c1ccccc1)C(=O)Nc1cccc(F)c1. The predicted molar refractivity (Wildman–Crippen MR) is 109 cm³/mol. The van der Waals surface area contributed by atoms with Gasteiger partial charge in [-0.05, 0) is 36.6 Å². The molecule has 0 saturated heterocycles. The van der Waals surface area contributed by atoms with Crippen molar-refractivity contribution < 1.29 is 14.0 Å². The third-order valence-corrected chi connectivity index (χ3v) is 4.23. The van der Waals surface area contributed by atoms with Gasteiger partial charge in [-0.3, -0.25) is 4.79 Å². The first-order valence-electron chi connectivity index (χ1n) is 9.51. The summed E-state index contributed by atoms with van der Waals surface area (Å²) in [4.78, 5) is 26.5. The molecule has 0 aliphatic rings. The first kappa shape index (κ1) is 21.4. The van der Waals surface area contributed by atoms with Crippen molar-refractivity contribution in [3.63, 3.8) is 0 Å². The number of hydrogen-bond donors (Lipinski definition) is 2. The van der Waals surface area contributed by atoms with Crippen LogP contribution in [-0.4, -0.2) is 29.9 Å². The van der Waals surface area contributed by atoms with E-state index in [1.165, 1.54) is 18.2 Å². The van der Waals surface area contributed by atoms with Crippen LogP contribution in [0.5, 0.6) is 0 Å². The van der Waals surface area contributed by atoms with Crippen LogP contribution >= 0.6 is 0 Å². The fourth-order valence-corrected chi connectivity index (χ4v) is 2.86. The molecule has 0 aliphatic carbocycles. The average molecular weight is 385 g/mol. The molecule has 0 radical (unpaired) electrons. The number of amides is 3. The van der Waals surface area contributed by atoms with E-state index in [4.69, 9.17) is 0 Å². The summed E-state index contributed by atoms with van der Waals surface area (Å²) in [6.07, 6.45) is 0.195. The average Bonchev–Trinajstić information content (AvgIpc) is 2.65. The van der Waals surface area contributed by atoms with Gasteiger partial charge in [-0.15, -0.1) is 0 Å². The Morgan fingerprint density at radius 1 is 1.04 bits per heavy atom. The van der Waals surface area contributed by atoms with Gasteiger partial charge in [0, 0.05) is 25.2 Å². The van der Waals surface area contributed by atoms with Crippen molar-refractivity contribution in [1.82, 2.24) is 10.2 Å². The topological polar surface area (TPSA) is 61.4 Å². The molecular weight excluding hydrogens is 357 g/mol. The Morgan fingerprint density at radius 2 is 1.75 bits per heavy atom.